The van der Waals surface area contributed by atoms with Crippen molar-refractivity contribution in [2.45, 2.75) is 44.2 Å². The van der Waals surface area contributed by atoms with Crippen LogP contribution in [0.15, 0.2) is 30.3 Å². The first-order valence-electron chi connectivity index (χ1n) is 7.96. The number of hydrogen-bond donors (Lipinski definition) is 3. The minimum atomic E-state index is -0.830. The molecule has 122 valence electrons. The van der Waals surface area contributed by atoms with Crippen LogP contribution in [0.4, 0.5) is 4.79 Å². The zero-order chi connectivity index (χ0) is 15.8. The first-order chi connectivity index (χ1) is 10.6. The fourth-order valence-corrected chi connectivity index (χ4v) is 2.55. The van der Waals surface area contributed by atoms with Crippen LogP contribution in [0.5, 0.6) is 0 Å². The van der Waals surface area contributed by atoms with Crippen molar-refractivity contribution in [1.29, 1.82) is 0 Å². The van der Waals surface area contributed by atoms with Crippen LogP contribution in [-0.2, 0) is 11.2 Å². The number of ether oxygens (including phenoxy) is 1. The van der Waals surface area contributed by atoms with Crippen molar-refractivity contribution in [3.8, 4) is 0 Å². The third-order valence-corrected chi connectivity index (χ3v) is 4.09. The fraction of sp³-hybridized carbons (Fsp3) is 0.588. The van der Waals surface area contributed by atoms with Crippen LogP contribution in [0.25, 0.3) is 0 Å². The molecule has 0 bridgehead atoms. The standard InChI is InChI=1S/C17H26N2O3/c1-14(7-8-15-5-3-2-4-6-15)19-16(20)18-13-17(21)9-11-22-12-10-17/h2-6,14,21H,7-13H2,1H3,(H2,18,19,20). The number of benzene rings is 1. The maximum absolute atomic E-state index is 11.9. The van der Waals surface area contributed by atoms with Crippen molar-refractivity contribution in [2.24, 2.45) is 0 Å². The molecule has 5 heteroatoms. The molecule has 22 heavy (non-hydrogen) atoms. The van der Waals surface area contributed by atoms with E-state index >= 15 is 0 Å². The van der Waals surface area contributed by atoms with Crippen molar-refractivity contribution < 1.29 is 14.6 Å². The summed E-state index contributed by atoms with van der Waals surface area (Å²) in [4.78, 5) is 11.9. The average molecular weight is 306 g/mol. The molecule has 0 saturated carbocycles. The molecule has 1 heterocycles. The van der Waals surface area contributed by atoms with Crippen LogP contribution in [0.1, 0.15) is 31.7 Å². The Morgan fingerprint density at radius 1 is 1.32 bits per heavy atom. The molecule has 0 spiro atoms. The minimum absolute atomic E-state index is 0.0875. The van der Waals surface area contributed by atoms with Gasteiger partial charge in [-0.3, -0.25) is 0 Å². The Labute approximate surface area is 132 Å². The van der Waals surface area contributed by atoms with Gasteiger partial charge in [0.15, 0.2) is 0 Å². The first kappa shape index (κ1) is 16.8. The molecule has 1 aromatic rings. The van der Waals surface area contributed by atoms with Crippen molar-refractivity contribution in [3.63, 3.8) is 0 Å². The second-order valence-corrected chi connectivity index (χ2v) is 6.09. The summed E-state index contributed by atoms with van der Waals surface area (Å²) in [6, 6.07) is 10.1. The van der Waals surface area contributed by atoms with Crippen LogP contribution < -0.4 is 10.6 Å². The van der Waals surface area contributed by atoms with Crippen molar-refractivity contribution in [2.75, 3.05) is 19.8 Å². The predicted molar refractivity (Wildman–Crippen MR) is 85.8 cm³/mol. The van der Waals surface area contributed by atoms with Gasteiger partial charge in [0.1, 0.15) is 0 Å². The molecule has 1 aromatic carbocycles. The molecule has 3 N–H and O–H groups in total. The Morgan fingerprint density at radius 3 is 2.68 bits per heavy atom. The van der Waals surface area contributed by atoms with Gasteiger partial charge < -0.3 is 20.5 Å². The normalized spacial score (nSPS) is 18.5. The lowest BCUT2D eigenvalue weighted by atomic mass is 9.94. The van der Waals surface area contributed by atoms with Gasteiger partial charge in [-0.05, 0) is 25.3 Å². The summed E-state index contributed by atoms with van der Waals surface area (Å²) in [5, 5.41) is 16.0. The lowest BCUT2D eigenvalue weighted by molar-refractivity contribution is -0.0600. The van der Waals surface area contributed by atoms with Gasteiger partial charge in [-0.15, -0.1) is 0 Å². The Balaban J connectivity index is 1.65. The number of hydrogen-bond acceptors (Lipinski definition) is 3. The molecule has 1 aliphatic heterocycles. The second kappa shape index (κ2) is 8.15. The van der Waals surface area contributed by atoms with Crippen LogP contribution in [-0.4, -0.2) is 42.5 Å². The quantitative estimate of drug-likeness (QED) is 0.751. The summed E-state index contributed by atoms with van der Waals surface area (Å²) in [6.07, 6.45) is 2.95. The molecule has 1 atom stereocenters. The highest BCUT2D eigenvalue weighted by Gasteiger charge is 2.30. The zero-order valence-electron chi connectivity index (χ0n) is 13.2. The summed E-state index contributed by atoms with van der Waals surface area (Å²) in [7, 11) is 0. The van der Waals surface area contributed by atoms with E-state index in [0.29, 0.717) is 26.1 Å². The monoisotopic (exact) mass is 306 g/mol. The number of aryl methyl sites for hydroxylation is 1. The van der Waals surface area contributed by atoms with Crippen LogP contribution in [0.2, 0.25) is 0 Å². The van der Waals surface area contributed by atoms with Gasteiger partial charge in [0.25, 0.3) is 0 Å². The maximum Gasteiger partial charge on any atom is 0.315 e. The molecule has 0 radical (unpaired) electrons. The van der Waals surface area contributed by atoms with Gasteiger partial charge >= 0.3 is 6.03 Å². The van der Waals surface area contributed by atoms with E-state index in [4.69, 9.17) is 4.74 Å². The first-order valence-corrected chi connectivity index (χ1v) is 7.96. The SMILES string of the molecule is CC(CCc1ccccc1)NC(=O)NCC1(O)CCOCC1. The van der Waals surface area contributed by atoms with E-state index in [9.17, 15) is 9.90 Å². The molecular formula is C17H26N2O3. The molecule has 0 aromatic heterocycles. The highest BCUT2D eigenvalue weighted by atomic mass is 16.5. The topological polar surface area (TPSA) is 70.6 Å². The van der Waals surface area contributed by atoms with E-state index < -0.39 is 5.60 Å². The molecule has 0 aliphatic carbocycles. The predicted octanol–water partition coefficient (Wildman–Crippen LogP) is 1.85. The average Bonchev–Trinajstić information content (AvgIpc) is 2.53. The van der Waals surface area contributed by atoms with E-state index in [1.54, 1.807) is 0 Å². The van der Waals surface area contributed by atoms with Gasteiger partial charge in [-0.2, -0.15) is 0 Å². The second-order valence-electron chi connectivity index (χ2n) is 6.09. The third-order valence-electron chi connectivity index (χ3n) is 4.09. The number of carbonyl (C=O) groups is 1. The highest BCUT2D eigenvalue weighted by Crippen LogP contribution is 2.19. The number of carbonyl (C=O) groups excluding carboxylic acids is 1. The van der Waals surface area contributed by atoms with Crippen molar-refractivity contribution in [3.05, 3.63) is 35.9 Å². The Hall–Kier alpha value is -1.59. The fourth-order valence-electron chi connectivity index (χ4n) is 2.55. The van der Waals surface area contributed by atoms with Crippen molar-refractivity contribution in [1.82, 2.24) is 10.6 Å². The number of urea groups is 1. The van der Waals surface area contributed by atoms with Crippen LogP contribution in [0.3, 0.4) is 0 Å². The lowest BCUT2D eigenvalue weighted by Crippen LogP contribution is -2.50. The van der Waals surface area contributed by atoms with E-state index in [1.807, 2.05) is 25.1 Å². The van der Waals surface area contributed by atoms with Gasteiger partial charge in [-0.1, -0.05) is 30.3 Å². The van der Waals surface area contributed by atoms with Gasteiger partial charge in [0.05, 0.1) is 5.60 Å². The van der Waals surface area contributed by atoms with Crippen molar-refractivity contribution >= 4 is 6.03 Å². The third kappa shape index (κ3) is 5.66. The molecule has 1 aliphatic rings. The van der Waals surface area contributed by atoms with Gasteiger partial charge in [0, 0.05) is 38.6 Å². The maximum atomic E-state index is 11.9. The van der Waals surface area contributed by atoms with Gasteiger partial charge in [0.2, 0.25) is 0 Å². The molecular weight excluding hydrogens is 280 g/mol. The molecule has 1 unspecified atom stereocenters. The van der Waals surface area contributed by atoms with Gasteiger partial charge in [-0.25, -0.2) is 4.79 Å². The Kier molecular flexibility index (Phi) is 6.21. The van der Waals surface area contributed by atoms with Crippen LogP contribution in [0, 0.1) is 0 Å². The summed E-state index contributed by atoms with van der Waals surface area (Å²) >= 11 is 0. The summed E-state index contributed by atoms with van der Waals surface area (Å²) in [5.74, 6) is 0. The number of amides is 2. The Bertz CT molecular complexity index is 458. The minimum Gasteiger partial charge on any atom is -0.388 e. The lowest BCUT2D eigenvalue weighted by Gasteiger charge is -2.32. The summed E-state index contributed by atoms with van der Waals surface area (Å²) in [5.41, 5.74) is 0.441. The summed E-state index contributed by atoms with van der Waals surface area (Å²) < 4.78 is 5.22. The molecule has 2 amide bonds. The Morgan fingerprint density at radius 2 is 2.00 bits per heavy atom. The van der Waals surface area contributed by atoms with E-state index in [2.05, 4.69) is 22.8 Å². The molecule has 1 fully saturated rings. The number of aliphatic hydroxyl groups is 1. The molecule has 2 rings (SSSR count). The summed E-state index contributed by atoms with van der Waals surface area (Å²) in [6.45, 7) is 3.36. The number of rotatable bonds is 6. The van der Waals surface area contributed by atoms with Crippen LogP contribution >= 0.6 is 0 Å². The zero-order valence-corrected chi connectivity index (χ0v) is 13.2. The molecule has 1 saturated heterocycles. The smallest absolute Gasteiger partial charge is 0.315 e. The largest absolute Gasteiger partial charge is 0.388 e. The molecule has 5 nitrogen and oxygen atoms in total. The number of nitrogens with one attached hydrogen (secondary N) is 2. The van der Waals surface area contributed by atoms with E-state index in [-0.39, 0.29) is 18.6 Å². The van der Waals surface area contributed by atoms with E-state index in [1.165, 1.54) is 5.56 Å². The van der Waals surface area contributed by atoms with E-state index in [0.717, 1.165) is 12.8 Å². The highest BCUT2D eigenvalue weighted by molar-refractivity contribution is 5.74.